The molecule has 0 aliphatic carbocycles. The number of amides is 1. The molecule has 1 amide bonds. The summed E-state index contributed by atoms with van der Waals surface area (Å²) in [6.45, 7) is 3.32. The maximum absolute atomic E-state index is 11.2. The van der Waals surface area contributed by atoms with E-state index >= 15 is 0 Å². The summed E-state index contributed by atoms with van der Waals surface area (Å²) < 4.78 is 0. The average molecular weight is 238 g/mol. The van der Waals surface area contributed by atoms with E-state index in [0.29, 0.717) is 10.7 Å². The number of hydrogen-bond acceptors (Lipinski definition) is 1. The van der Waals surface area contributed by atoms with E-state index in [9.17, 15) is 4.79 Å². The third-order valence-electron chi connectivity index (χ3n) is 2.19. The molecule has 1 aromatic carbocycles. The van der Waals surface area contributed by atoms with Gasteiger partial charge in [0.15, 0.2) is 0 Å². The molecule has 1 rings (SSSR count). The predicted molar refractivity (Wildman–Crippen MR) is 64.9 cm³/mol. The Hall–Kier alpha value is -1.66. The molecule has 0 atom stereocenters. The van der Waals surface area contributed by atoms with Gasteiger partial charge < -0.3 is 5.11 Å². The number of anilines is 1. The van der Waals surface area contributed by atoms with E-state index in [1.165, 1.54) is 0 Å². The number of benzene rings is 1. The number of halogens is 1. The summed E-state index contributed by atoms with van der Waals surface area (Å²) in [7, 11) is 0. The zero-order valence-electron chi connectivity index (χ0n) is 9.07. The van der Waals surface area contributed by atoms with E-state index < -0.39 is 11.6 Å². The van der Waals surface area contributed by atoms with Crippen molar-refractivity contribution >= 4 is 23.4 Å². The first-order valence-electron chi connectivity index (χ1n) is 4.65. The van der Waals surface area contributed by atoms with E-state index in [4.69, 9.17) is 23.1 Å². The number of hydrogen-bond donors (Lipinski definition) is 1. The number of terminal acetylenes is 1. The first-order valence-corrected chi connectivity index (χ1v) is 5.03. The molecule has 0 heterocycles. The van der Waals surface area contributed by atoms with Crippen LogP contribution in [0.4, 0.5) is 10.5 Å². The second-order valence-electron chi connectivity index (χ2n) is 3.80. The summed E-state index contributed by atoms with van der Waals surface area (Å²) in [6, 6.07) is 6.49. The smallest absolute Gasteiger partial charge is 0.413 e. The Balaban J connectivity index is 3.20. The van der Waals surface area contributed by atoms with Gasteiger partial charge in [0.25, 0.3) is 0 Å². The second-order valence-corrected chi connectivity index (χ2v) is 4.23. The van der Waals surface area contributed by atoms with Crippen molar-refractivity contribution in [3.8, 4) is 12.3 Å². The fraction of sp³-hybridized carbons (Fsp3) is 0.250. The van der Waals surface area contributed by atoms with Gasteiger partial charge in [-0.05, 0) is 38.1 Å². The summed E-state index contributed by atoms with van der Waals surface area (Å²) in [6.07, 6.45) is 4.24. The molecule has 16 heavy (non-hydrogen) atoms. The van der Waals surface area contributed by atoms with Crippen molar-refractivity contribution in [3.63, 3.8) is 0 Å². The van der Waals surface area contributed by atoms with Crippen LogP contribution in [0.25, 0.3) is 0 Å². The lowest BCUT2D eigenvalue weighted by molar-refractivity contribution is 0.197. The molecule has 0 spiro atoms. The second kappa shape index (κ2) is 4.46. The quantitative estimate of drug-likeness (QED) is 0.803. The van der Waals surface area contributed by atoms with Gasteiger partial charge in [-0.2, -0.15) is 0 Å². The van der Waals surface area contributed by atoms with Crippen molar-refractivity contribution in [2.75, 3.05) is 4.90 Å². The highest BCUT2D eigenvalue weighted by atomic mass is 35.5. The summed E-state index contributed by atoms with van der Waals surface area (Å²) in [5.74, 6) is 2.45. The van der Waals surface area contributed by atoms with Gasteiger partial charge >= 0.3 is 6.09 Å². The van der Waals surface area contributed by atoms with Crippen LogP contribution in [0.15, 0.2) is 24.3 Å². The molecule has 0 fully saturated rings. The van der Waals surface area contributed by atoms with Crippen LogP contribution in [-0.4, -0.2) is 16.7 Å². The van der Waals surface area contributed by atoms with Gasteiger partial charge in [-0.1, -0.05) is 17.5 Å². The molecule has 0 aliphatic rings. The van der Waals surface area contributed by atoms with Crippen molar-refractivity contribution in [3.05, 3.63) is 29.3 Å². The summed E-state index contributed by atoms with van der Waals surface area (Å²) in [5.41, 5.74) is -0.403. The molecule has 0 radical (unpaired) electrons. The Morgan fingerprint density at radius 2 is 1.94 bits per heavy atom. The van der Waals surface area contributed by atoms with E-state index in [2.05, 4.69) is 5.92 Å². The molecule has 1 aromatic rings. The van der Waals surface area contributed by atoms with Crippen LogP contribution in [0, 0.1) is 12.3 Å². The van der Waals surface area contributed by atoms with Gasteiger partial charge in [0, 0.05) is 10.7 Å². The van der Waals surface area contributed by atoms with Crippen molar-refractivity contribution < 1.29 is 9.90 Å². The van der Waals surface area contributed by atoms with Gasteiger partial charge in [-0.15, -0.1) is 6.42 Å². The number of carboxylic acid groups (broad SMARTS) is 1. The Kier molecular flexibility index (Phi) is 3.46. The highest BCUT2D eigenvalue weighted by Crippen LogP contribution is 2.25. The zero-order chi connectivity index (χ0) is 12.3. The molecule has 0 aliphatic heterocycles. The number of carbonyl (C=O) groups is 1. The first kappa shape index (κ1) is 12.4. The molecule has 4 heteroatoms. The third-order valence-corrected chi connectivity index (χ3v) is 2.44. The topological polar surface area (TPSA) is 40.5 Å². The molecule has 0 saturated heterocycles. The fourth-order valence-corrected chi connectivity index (χ4v) is 1.45. The lowest BCUT2D eigenvalue weighted by atomic mass is 10.0. The lowest BCUT2D eigenvalue weighted by Gasteiger charge is -2.32. The Morgan fingerprint density at radius 3 is 2.31 bits per heavy atom. The minimum Gasteiger partial charge on any atom is -0.465 e. The summed E-state index contributed by atoms with van der Waals surface area (Å²) >= 11 is 5.74. The van der Waals surface area contributed by atoms with Crippen LogP contribution in [0.2, 0.25) is 5.02 Å². The molecular formula is C12H12ClNO2. The van der Waals surface area contributed by atoms with Gasteiger partial charge in [-0.3, -0.25) is 4.90 Å². The predicted octanol–water partition coefficient (Wildman–Crippen LogP) is 3.24. The maximum Gasteiger partial charge on any atom is 0.413 e. The third kappa shape index (κ3) is 2.47. The molecule has 84 valence electrons. The van der Waals surface area contributed by atoms with E-state index in [1.54, 1.807) is 38.1 Å². The maximum atomic E-state index is 11.2. The van der Waals surface area contributed by atoms with Gasteiger partial charge in [-0.25, -0.2) is 4.79 Å². The largest absolute Gasteiger partial charge is 0.465 e. The lowest BCUT2D eigenvalue weighted by Crippen LogP contribution is -2.46. The highest BCUT2D eigenvalue weighted by molar-refractivity contribution is 6.30. The van der Waals surface area contributed by atoms with Gasteiger partial charge in [0.1, 0.15) is 5.54 Å². The zero-order valence-corrected chi connectivity index (χ0v) is 9.82. The Labute approximate surface area is 99.6 Å². The van der Waals surface area contributed by atoms with Crippen molar-refractivity contribution in [2.45, 2.75) is 19.4 Å². The van der Waals surface area contributed by atoms with Crippen LogP contribution in [0.1, 0.15) is 13.8 Å². The fourth-order valence-electron chi connectivity index (χ4n) is 1.33. The summed E-state index contributed by atoms with van der Waals surface area (Å²) in [5, 5.41) is 9.71. The van der Waals surface area contributed by atoms with E-state index in [-0.39, 0.29) is 0 Å². The van der Waals surface area contributed by atoms with E-state index in [1.807, 2.05) is 0 Å². The SMILES string of the molecule is C#CC(C)(C)N(C(=O)O)c1ccc(Cl)cc1. The molecular weight excluding hydrogens is 226 g/mol. The van der Waals surface area contributed by atoms with Crippen LogP contribution in [-0.2, 0) is 0 Å². The van der Waals surface area contributed by atoms with Crippen molar-refractivity contribution in [1.29, 1.82) is 0 Å². The molecule has 1 N–H and O–H groups in total. The molecule has 0 saturated carbocycles. The van der Waals surface area contributed by atoms with Crippen molar-refractivity contribution in [1.82, 2.24) is 0 Å². The van der Waals surface area contributed by atoms with Crippen LogP contribution in [0.3, 0.4) is 0 Å². The van der Waals surface area contributed by atoms with Crippen LogP contribution in [0.5, 0.6) is 0 Å². The average Bonchev–Trinajstić information content (AvgIpc) is 2.20. The van der Waals surface area contributed by atoms with E-state index in [0.717, 1.165) is 4.90 Å². The number of nitrogens with zero attached hydrogens (tertiary/aromatic N) is 1. The standard InChI is InChI=1S/C12H12ClNO2/c1-4-12(2,3)14(11(15)16)10-7-5-9(13)6-8-10/h1,5-8H,2-3H3,(H,15,16). The monoisotopic (exact) mass is 237 g/mol. The Morgan fingerprint density at radius 1 is 1.44 bits per heavy atom. The first-order chi connectivity index (χ1) is 7.38. The molecule has 0 bridgehead atoms. The Bertz CT molecular complexity index is 431. The minimum atomic E-state index is -1.09. The number of rotatable bonds is 2. The minimum absolute atomic E-state index is 0.500. The molecule has 0 aromatic heterocycles. The summed E-state index contributed by atoms with van der Waals surface area (Å²) in [4.78, 5) is 12.3. The molecule has 3 nitrogen and oxygen atoms in total. The van der Waals surface area contributed by atoms with Crippen LogP contribution < -0.4 is 4.90 Å². The normalized spacial score (nSPS) is 10.6. The van der Waals surface area contributed by atoms with Gasteiger partial charge in [0.05, 0.1) is 0 Å². The van der Waals surface area contributed by atoms with Crippen molar-refractivity contribution in [2.24, 2.45) is 0 Å². The highest BCUT2D eigenvalue weighted by Gasteiger charge is 2.30. The van der Waals surface area contributed by atoms with Crippen LogP contribution >= 0.6 is 11.6 Å². The molecule has 0 unspecified atom stereocenters. The van der Waals surface area contributed by atoms with Gasteiger partial charge in [0.2, 0.25) is 0 Å².